The van der Waals surface area contributed by atoms with E-state index in [0.29, 0.717) is 30.0 Å². The van der Waals surface area contributed by atoms with Gasteiger partial charge in [-0.25, -0.2) is 0 Å². The van der Waals surface area contributed by atoms with Crippen LogP contribution in [0.1, 0.15) is 56.5 Å². The lowest BCUT2D eigenvalue weighted by molar-refractivity contribution is -0.171. The van der Waals surface area contributed by atoms with Crippen molar-refractivity contribution in [3.05, 3.63) is 17.0 Å². The second-order valence-electron chi connectivity index (χ2n) is 7.62. The van der Waals surface area contributed by atoms with Crippen LogP contribution >= 0.6 is 24.0 Å². The van der Waals surface area contributed by atoms with Crippen LogP contribution < -0.4 is 10.6 Å². The van der Waals surface area contributed by atoms with Crippen LogP contribution in [0.15, 0.2) is 9.52 Å². The lowest BCUT2D eigenvalue weighted by Gasteiger charge is -2.63. The molecule has 7 heteroatoms. The number of nitrogens with zero attached hydrogens (tertiary/aromatic N) is 2. The molecule has 4 rings (SSSR count). The van der Waals surface area contributed by atoms with Crippen molar-refractivity contribution in [2.24, 2.45) is 16.3 Å². The second-order valence-corrected chi connectivity index (χ2v) is 7.62. The van der Waals surface area contributed by atoms with Crippen molar-refractivity contribution in [1.29, 1.82) is 0 Å². The molecule has 3 unspecified atom stereocenters. The number of aliphatic imine (C=N–C) groups is 1. The zero-order valence-corrected chi connectivity index (χ0v) is 18.3. The quantitative estimate of drug-likeness (QED) is 0.390. The van der Waals surface area contributed by atoms with Gasteiger partial charge in [-0.1, -0.05) is 25.4 Å². The Balaban J connectivity index is 0.00000196. The molecule has 0 amide bonds. The number of hydrogen-bond acceptors (Lipinski definition) is 4. The van der Waals surface area contributed by atoms with Gasteiger partial charge in [-0.2, -0.15) is 0 Å². The van der Waals surface area contributed by atoms with E-state index >= 15 is 0 Å². The Morgan fingerprint density at radius 1 is 1.31 bits per heavy atom. The van der Waals surface area contributed by atoms with Gasteiger partial charge >= 0.3 is 0 Å². The summed E-state index contributed by atoms with van der Waals surface area (Å²) in [7, 11) is 1.85. The van der Waals surface area contributed by atoms with Crippen molar-refractivity contribution < 1.29 is 9.26 Å². The second kappa shape index (κ2) is 8.04. The molecule has 1 aromatic heterocycles. The summed E-state index contributed by atoms with van der Waals surface area (Å²) in [6, 6.07) is 0.499. The lowest BCUT2D eigenvalue weighted by atomic mass is 9.46. The van der Waals surface area contributed by atoms with Gasteiger partial charge < -0.3 is 19.9 Å². The Kier molecular flexibility index (Phi) is 6.16. The molecule has 3 atom stereocenters. The molecule has 2 saturated carbocycles. The fraction of sp³-hybridized carbons (Fsp3) is 0.789. The number of guanidine groups is 1. The van der Waals surface area contributed by atoms with Crippen LogP contribution in [0.2, 0.25) is 0 Å². The van der Waals surface area contributed by atoms with E-state index in [4.69, 9.17) is 9.26 Å². The average Bonchev–Trinajstić information content (AvgIpc) is 3.18. The molecule has 0 radical (unpaired) electrons. The van der Waals surface area contributed by atoms with E-state index < -0.39 is 0 Å². The third-order valence-corrected chi connectivity index (χ3v) is 6.59. The smallest absolute Gasteiger partial charge is 0.191 e. The molecular formula is C19H31IN4O2. The first-order valence-electron chi connectivity index (χ1n) is 9.78. The van der Waals surface area contributed by atoms with Crippen LogP contribution in [0, 0.1) is 11.3 Å². The van der Waals surface area contributed by atoms with Crippen molar-refractivity contribution in [3.8, 4) is 0 Å². The average molecular weight is 474 g/mol. The maximum absolute atomic E-state index is 6.01. The molecule has 2 N–H and O–H groups in total. The Labute approximate surface area is 172 Å². The monoisotopic (exact) mass is 474 g/mol. The van der Waals surface area contributed by atoms with Crippen LogP contribution in [0.3, 0.4) is 0 Å². The Bertz CT molecular complexity index is 634. The Morgan fingerprint density at radius 3 is 2.73 bits per heavy atom. The van der Waals surface area contributed by atoms with Gasteiger partial charge in [0.05, 0.1) is 11.8 Å². The summed E-state index contributed by atoms with van der Waals surface area (Å²) in [5.74, 6) is 2.50. The Hall–Kier alpha value is -0.830. The molecule has 1 spiro atoms. The summed E-state index contributed by atoms with van der Waals surface area (Å²) in [6.45, 7) is 5.84. The molecule has 26 heavy (non-hydrogen) atoms. The summed E-state index contributed by atoms with van der Waals surface area (Å²) in [5, 5.41) is 11.4. The first kappa shape index (κ1) is 19.9. The van der Waals surface area contributed by atoms with E-state index in [9.17, 15) is 0 Å². The first-order valence-corrected chi connectivity index (χ1v) is 9.78. The summed E-state index contributed by atoms with van der Waals surface area (Å²) in [6.07, 6.45) is 7.31. The van der Waals surface area contributed by atoms with Crippen molar-refractivity contribution in [1.82, 2.24) is 15.8 Å². The first-order chi connectivity index (χ1) is 12.2. The zero-order chi connectivity index (χ0) is 17.4. The number of aryl methyl sites for hydroxylation is 2. The van der Waals surface area contributed by atoms with Crippen molar-refractivity contribution >= 4 is 29.9 Å². The van der Waals surface area contributed by atoms with Gasteiger partial charge in [0, 0.05) is 49.6 Å². The molecule has 146 valence electrons. The van der Waals surface area contributed by atoms with Crippen LogP contribution in [-0.4, -0.2) is 36.9 Å². The van der Waals surface area contributed by atoms with Gasteiger partial charge in [0.15, 0.2) is 5.96 Å². The zero-order valence-electron chi connectivity index (χ0n) is 16.0. The van der Waals surface area contributed by atoms with E-state index in [0.717, 1.165) is 36.9 Å². The minimum atomic E-state index is 0. The lowest BCUT2D eigenvalue weighted by Crippen LogP contribution is -2.72. The van der Waals surface area contributed by atoms with Crippen LogP contribution in [0.25, 0.3) is 0 Å². The molecule has 6 nitrogen and oxygen atoms in total. The van der Waals surface area contributed by atoms with E-state index in [-0.39, 0.29) is 24.0 Å². The van der Waals surface area contributed by atoms with E-state index in [1.165, 1.54) is 31.2 Å². The summed E-state index contributed by atoms with van der Waals surface area (Å²) in [4.78, 5) is 4.46. The predicted octanol–water partition coefficient (Wildman–Crippen LogP) is 3.04. The standard InChI is InChI=1S/C19H30N4O2.HI/c1-4-14-13(15(5-2)25-23-14)11-21-18(20-3)22-16-12-7-10-24-17(12)19(16)8-6-9-19;/h12,16-17H,4-11H2,1-3H3,(H2,20,21,22);1H. The SMILES string of the molecule is CCc1noc(CC)c1CNC(=NC)NC1C2CCOC2C12CCC2.I. The van der Waals surface area contributed by atoms with Crippen LogP contribution in [0.4, 0.5) is 0 Å². The molecule has 3 aliphatic rings. The van der Waals surface area contributed by atoms with Gasteiger partial charge in [0.2, 0.25) is 0 Å². The minimum Gasteiger partial charge on any atom is -0.377 e. The summed E-state index contributed by atoms with van der Waals surface area (Å²) >= 11 is 0. The highest BCUT2D eigenvalue weighted by Crippen LogP contribution is 2.62. The summed E-state index contributed by atoms with van der Waals surface area (Å²) < 4.78 is 11.5. The number of halogens is 1. The van der Waals surface area contributed by atoms with Gasteiger partial charge in [-0.3, -0.25) is 4.99 Å². The van der Waals surface area contributed by atoms with E-state index in [1.807, 2.05) is 7.05 Å². The minimum absolute atomic E-state index is 0. The van der Waals surface area contributed by atoms with Crippen LogP contribution in [0.5, 0.6) is 0 Å². The highest BCUT2D eigenvalue weighted by Gasteiger charge is 2.66. The van der Waals surface area contributed by atoms with Crippen LogP contribution in [-0.2, 0) is 24.1 Å². The van der Waals surface area contributed by atoms with Crippen molar-refractivity contribution in [2.75, 3.05) is 13.7 Å². The molecule has 1 aliphatic heterocycles. The topological polar surface area (TPSA) is 71.7 Å². The highest BCUT2D eigenvalue weighted by molar-refractivity contribution is 14.0. The van der Waals surface area contributed by atoms with Crippen molar-refractivity contribution in [2.45, 2.75) is 71.1 Å². The molecule has 1 aromatic rings. The number of aromatic nitrogens is 1. The van der Waals surface area contributed by atoms with Gasteiger partial charge in [-0.05, 0) is 25.7 Å². The maximum Gasteiger partial charge on any atom is 0.191 e. The van der Waals surface area contributed by atoms with Crippen molar-refractivity contribution in [3.63, 3.8) is 0 Å². The normalized spacial score (nSPS) is 28.7. The molecule has 0 bridgehead atoms. The fourth-order valence-corrected chi connectivity index (χ4v) is 5.11. The van der Waals surface area contributed by atoms with Gasteiger partial charge in [0.25, 0.3) is 0 Å². The Morgan fingerprint density at radius 2 is 2.12 bits per heavy atom. The molecule has 0 aromatic carbocycles. The molecule has 1 saturated heterocycles. The van der Waals surface area contributed by atoms with E-state index in [1.54, 1.807) is 0 Å². The molecule has 2 heterocycles. The number of nitrogens with one attached hydrogen (secondary N) is 2. The number of rotatable bonds is 5. The fourth-order valence-electron chi connectivity index (χ4n) is 5.11. The number of hydrogen-bond donors (Lipinski definition) is 2. The summed E-state index contributed by atoms with van der Waals surface area (Å²) in [5.41, 5.74) is 2.59. The maximum atomic E-state index is 6.01. The molecule has 2 aliphatic carbocycles. The molecule has 3 fully saturated rings. The number of ether oxygens (including phenoxy) is 1. The predicted molar refractivity (Wildman–Crippen MR) is 112 cm³/mol. The third kappa shape index (κ3) is 3.04. The van der Waals surface area contributed by atoms with Gasteiger partial charge in [-0.15, -0.1) is 24.0 Å². The van der Waals surface area contributed by atoms with Gasteiger partial charge in [0.1, 0.15) is 5.76 Å². The molecular weight excluding hydrogens is 443 g/mol. The number of fused-ring (bicyclic) bond motifs is 2. The highest BCUT2D eigenvalue weighted by atomic mass is 127. The third-order valence-electron chi connectivity index (χ3n) is 6.59. The largest absolute Gasteiger partial charge is 0.377 e. The van der Waals surface area contributed by atoms with E-state index in [2.05, 4.69) is 34.6 Å².